The fourth-order valence-electron chi connectivity index (χ4n) is 3.94. The molecule has 0 spiro atoms. The maximum atomic E-state index is 12.3. The molecule has 2 heterocycles. The first-order valence-electron chi connectivity index (χ1n) is 9.62. The number of anilines is 2. The van der Waals surface area contributed by atoms with Gasteiger partial charge in [0.25, 0.3) is 0 Å². The van der Waals surface area contributed by atoms with Crippen LogP contribution in [-0.2, 0) is 4.79 Å². The van der Waals surface area contributed by atoms with Crippen LogP contribution in [0.3, 0.4) is 0 Å². The number of nitrogens with one attached hydrogen (secondary N) is 1. The van der Waals surface area contributed by atoms with Gasteiger partial charge in [0.15, 0.2) is 0 Å². The Balaban J connectivity index is 1.46. The normalized spacial score (nSPS) is 20.6. The molecule has 5 nitrogen and oxygen atoms in total. The third kappa shape index (κ3) is 4.53. The lowest BCUT2D eigenvalue weighted by Crippen LogP contribution is -2.44. The standard InChI is InChI=1S/C20H31N3O2/c1-2-20(16-24)9-13-22(14-10-20)15-19(25)21-17-5-7-18(8-6-17)23-11-3-4-12-23/h5-8,24H,2-4,9-16H2,1H3,(H,21,25). The minimum absolute atomic E-state index is 0.0434. The Hall–Kier alpha value is -1.59. The van der Waals surface area contributed by atoms with Gasteiger partial charge in [-0.3, -0.25) is 9.69 Å². The van der Waals surface area contributed by atoms with Gasteiger partial charge in [0.2, 0.25) is 5.91 Å². The van der Waals surface area contributed by atoms with E-state index in [1.807, 2.05) is 12.1 Å². The summed E-state index contributed by atoms with van der Waals surface area (Å²) in [5.74, 6) is 0.0434. The summed E-state index contributed by atoms with van der Waals surface area (Å²) in [7, 11) is 0. The lowest BCUT2D eigenvalue weighted by molar-refractivity contribution is -0.118. The van der Waals surface area contributed by atoms with E-state index >= 15 is 0 Å². The molecule has 0 bridgehead atoms. The molecule has 138 valence electrons. The molecule has 0 atom stereocenters. The molecule has 3 rings (SSSR count). The summed E-state index contributed by atoms with van der Waals surface area (Å²) in [6.45, 7) is 6.86. The molecule has 0 aliphatic carbocycles. The van der Waals surface area contributed by atoms with Crippen LogP contribution in [0.5, 0.6) is 0 Å². The number of amides is 1. The average molecular weight is 345 g/mol. The van der Waals surface area contributed by atoms with Gasteiger partial charge in [-0.25, -0.2) is 0 Å². The minimum Gasteiger partial charge on any atom is -0.396 e. The van der Waals surface area contributed by atoms with Gasteiger partial charge in [-0.2, -0.15) is 0 Å². The van der Waals surface area contributed by atoms with Crippen LogP contribution < -0.4 is 10.2 Å². The van der Waals surface area contributed by atoms with Crippen LogP contribution in [0.15, 0.2) is 24.3 Å². The molecule has 5 heteroatoms. The molecule has 2 N–H and O–H groups in total. The van der Waals surface area contributed by atoms with E-state index in [9.17, 15) is 9.90 Å². The van der Waals surface area contributed by atoms with Crippen LogP contribution >= 0.6 is 0 Å². The fourth-order valence-corrected chi connectivity index (χ4v) is 3.94. The van der Waals surface area contributed by atoms with Crippen molar-refractivity contribution < 1.29 is 9.90 Å². The SMILES string of the molecule is CCC1(CO)CCN(CC(=O)Nc2ccc(N3CCCC3)cc2)CC1. The molecule has 2 saturated heterocycles. The Kier molecular flexibility index (Phi) is 5.97. The number of aliphatic hydroxyl groups is 1. The lowest BCUT2D eigenvalue weighted by atomic mass is 9.77. The lowest BCUT2D eigenvalue weighted by Gasteiger charge is -2.39. The van der Waals surface area contributed by atoms with Gasteiger partial charge in [-0.15, -0.1) is 0 Å². The zero-order valence-electron chi connectivity index (χ0n) is 15.3. The first-order chi connectivity index (χ1) is 12.1. The van der Waals surface area contributed by atoms with Crippen molar-refractivity contribution in [1.82, 2.24) is 4.90 Å². The minimum atomic E-state index is 0.0434. The topological polar surface area (TPSA) is 55.8 Å². The van der Waals surface area contributed by atoms with Gasteiger partial charge >= 0.3 is 0 Å². The highest BCUT2D eigenvalue weighted by Gasteiger charge is 2.32. The molecule has 0 unspecified atom stereocenters. The van der Waals surface area contributed by atoms with Crippen molar-refractivity contribution in [3.05, 3.63) is 24.3 Å². The Morgan fingerprint density at radius 1 is 1.12 bits per heavy atom. The van der Waals surface area contributed by atoms with Crippen molar-refractivity contribution in [2.24, 2.45) is 5.41 Å². The highest BCUT2D eigenvalue weighted by molar-refractivity contribution is 5.92. The zero-order valence-corrected chi connectivity index (χ0v) is 15.3. The largest absolute Gasteiger partial charge is 0.396 e. The monoisotopic (exact) mass is 345 g/mol. The summed E-state index contributed by atoms with van der Waals surface area (Å²) >= 11 is 0. The van der Waals surface area contributed by atoms with Crippen molar-refractivity contribution in [1.29, 1.82) is 0 Å². The summed E-state index contributed by atoms with van der Waals surface area (Å²) in [4.78, 5) is 16.9. The van der Waals surface area contributed by atoms with Crippen LogP contribution in [0.1, 0.15) is 39.0 Å². The second-order valence-electron chi connectivity index (χ2n) is 7.58. The number of benzene rings is 1. The van der Waals surface area contributed by atoms with Crippen molar-refractivity contribution in [3.63, 3.8) is 0 Å². The molecular weight excluding hydrogens is 314 g/mol. The number of rotatable bonds is 6. The van der Waals surface area contributed by atoms with E-state index in [-0.39, 0.29) is 17.9 Å². The number of piperidine rings is 1. The van der Waals surface area contributed by atoms with E-state index in [2.05, 4.69) is 34.2 Å². The summed E-state index contributed by atoms with van der Waals surface area (Å²) in [5, 5.41) is 12.6. The van der Waals surface area contributed by atoms with Crippen molar-refractivity contribution in [2.45, 2.75) is 39.0 Å². The van der Waals surface area contributed by atoms with E-state index in [1.54, 1.807) is 0 Å². The Morgan fingerprint density at radius 2 is 1.76 bits per heavy atom. The maximum Gasteiger partial charge on any atom is 0.238 e. The summed E-state index contributed by atoms with van der Waals surface area (Å²) in [5.41, 5.74) is 2.17. The number of likely N-dealkylation sites (tertiary alicyclic amines) is 1. The van der Waals surface area contributed by atoms with E-state index in [1.165, 1.54) is 18.5 Å². The van der Waals surface area contributed by atoms with Crippen LogP contribution in [0.4, 0.5) is 11.4 Å². The third-order valence-electron chi connectivity index (χ3n) is 5.99. The van der Waals surface area contributed by atoms with E-state index in [0.29, 0.717) is 6.54 Å². The molecule has 2 fully saturated rings. The summed E-state index contributed by atoms with van der Waals surface area (Å²) in [6.07, 6.45) is 5.48. The molecule has 0 saturated carbocycles. The highest BCUT2D eigenvalue weighted by atomic mass is 16.3. The number of hydrogen-bond acceptors (Lipinski definition) is 4. The molecular formula is C20H31N3O2. The third-order valence-corrected chi connectivity index (χ3v) is 5.99. The molecule has 0 aromatic heterocycles. The Bertz CT molecular complexity index is 553. The first kappa shape index (κ1) is 18.2. The Morgan fingerprint density at radius 3 is 2.32 bits per heavy atom. The quantitative estimate of drug-likeness (QED) is 0.832. The highest BCUT2D eigenvalue weighted by Crippen LogP contribution is 2.34. The average Bonchev–Trinajstić information content (AvgIpc) is 3.18. The van der Waals surface area contributed by atoms with Gasteiger partial charge in [0.1, 0.15) is 0 Å². The Labute approximate surface area is 151 Å². The van der Waals surface area contributed by atoms with Gasteiger partial charge in [0.05, 0.1) is 6.54 Å². The number of aliphatic hydroxyl groups excluding tert-OH is 1. The van der Waals surface area contributed by atoms with Gasteiger partial charge in [-0.1, -0.05) is 6.92 Å². The molecule has 1 aromatic rings. The fraction of sp³-hybridized carbons (Fsp3) is 0.650. The van der Waals surface area contributed by atoms with Crippen molar-refractivity contribution in [3.8, 4) is 0 Å². The second-order valence-corrected chi connectivity index (χ2v) is 7.58. The molecule has 2 aliphatic heterocycles. The van der Waals surface area contributed by atoms with Crippen molar-refractivity contribution in [2.75, 3.05) is 49.5 Å². The summed E-state index contributed by atoms with van der Waals surface area (Å²) in [6, 6.07) is 8.18. The number of nitrogens with zero attached hydrogens (tertiary/aromatic N) is 2. The van der Waals surface area contributed by atoms with E-state index in [0.717, 1.165) is 51.1 Å². The van der Waals surface area contributed by atoms with Crippen LogP contribution in [-0.4, -0.2) is 55.2 Å². The molecule has 1 aromatic carbocycles. The van der Waals surface area contributed by atoms with Gasteiger partial charge in [0, 0.05) is 31.1 Å². The first-order valence-corrected chi connectivity index (χ1v) is 9.62. The van der Waals surface area contributed by atoms with Crippen LogP contribution in [0, 0.1) is 5.41 Å². The zero-order chi connectivity index (χ0) is 17.7. The van der Waals surface area contributed by atoms with E-state index in [4.69, 9.17) is 0 Å². The van der Waals surface area contributed by atoms with Crippen LogP contribution in [0.2, 0.25) is 0 Å². The van der Waals surface area contributed by atoms with Gasteiger partial charge < -0.3 is 15.3 Å². The smallest absolute Gasteiger partial charge is 0.238 e. The predicted octanol–water partition coefficient (Wildman–Crippen LogP) is 2.71. The second kappa shape index (κ2) is 8.19. The predicted molar refractivity (Wildman–Crippen MR) is 102 cm³/mol. The molecule has 2 aliphatic rings. The number of carbonyl (C=O) groups is 1. The molecule has 25 heavy (non-hydrogen) atoms. The number of carbonyl (C=O) groups excluding carboxylic acids is 1. The van der Waals surface area contributed by atoms with Crippen molar-refractivity contribution >= 4 is 17.3 Å². The maximum absolute atomic E-state index is 12.3. The van der Waals surface area contributed by atoms with Crippen LogP contribution in [0.25, 0.3) is 0 Å². The van der Waals surface area contributed by atoms with E-state index < -0.39 is 0 Å². The molecule has 0 radical (unpaired) electrons. The summed E-state index contributed by atoms with van der Waals surface area (Å²) < 4.78 is 0. The number of hydrogen-bond donors (Lipinski definition) is 2. The molecule has 1 amide bonds. The van der Waals surface area contributed by atoms with Gasteiger partial charge in [-0.05, 0) is 74.9 Å².